The number of benzene rings is 2. The van der Waals surface area contributed by atoms with E-state index in [1.54, 1.807) is 6.07 Å². The zero-order valence-corrected chi connectivity index (χ0v) is 35.3. The van der Waals surface area contributed by atoms with E-state index in [-0.39, 0.29) is 12.3 Å². The molecule has 14 heteroatoms. The largest absolute Gasteiger partial charge is 0.496 e. The first kappa shape index (κ1) is 40.6. The number of piperidine rings is 1. The first-order chi connectivity index (χ1) is 28.8. The van der Waals surface area contributed by atoms with Crippen LogP contribution in [0.15, 0.2) is 48.6 Å². The van der Waals surface area contributed by atoms with Gasteiger partial charge in [0.15, 0.2) is 6.10 Å². The average molecular weight is 825 g/mol. The molecule has 1 unspecified atom stereocenters. The summed E-state index contributed by atoms with van der Waals surface area (Å²) >= 11 is 0. The molecule has 14 nitrogen and oxygen atoms in total. The van der Waals surface area contributed by atoms with E-state index in [1.165, 1.54) is 33.2 Å². The number of aliphatic hydroxyl groups is 2. The number of H-pyrrole nitrogens is 1. The fourth-order valence-electron chi connectivity index (χ4n) is 13.4. The lowest BCUT2D eigenvalue weighted by atomic mass is 9.47. The van der Waals surface area contributed by atoms with Gasteiger partial charge in [0.25, 0.3) is 0 Å². The molecule has 10 atom stereocenters. The molecule has 3 N–H and O–H groups in total. The second kappa shape index (κ2) is 14.1. The first-order valence-corrected chi connectivity index (χ1v) is 21.3. The minimum absolute atomic E-state index is 0.155. The lowest BCUT2D eigenvalue weighted by Gasteiger charge is -2.63. The highest BCUT2D eigenvalue weighted by Crippen LogP contribution is 2.68. The number of anilines is 1. The normalized spacial score (nSPS) is 36.5. The molecule has 1 spiro atoms. The number of hydrogen-bond acceptors (Lipinski definition) is 12. The van der Waals surface area contributed by atoms with Crippen molar-refractivity contribution in [3.8, 4) is 5.75 Å². The molecule has 1 amide bonds. The van der Waals surface area contributed by atoms with E-state index >= 15 is 4.79 Å². The molecule has 1 aromatic heterocycles. The SMILES string of the molecule is CC[C@@]1(O)C[C@H]2CN(CCc3c([nH]c4ccccc34)[C@](C(=O)OC)(c3cc4c(cc3OC)N(C=O)[C@H]3[C@@](O)(C(=O)OC)[C@H](OC(C)=O)[C@@]5(CC)C=CCN6CC[C@]43[C@H]65)C2)C1. The van der Waals surface area contributed by atoms with Gasteiger partial charge in [-0.1, -0.05) is 44.2 Å². The van der Waals surface area contributed by atoms with E-state index in [9.17, 15) is 24.6 Å². The molecule has 5 aliphatic heterocycles. The second-order valence-electron chi connectivity index (χ2n) is 18.1. The minimum Gasteiger partial charge on any atom is -0.496 e. The number of nitrogens with zero attached hydrogens (tertiary/aromatic N) is 3. The fraction of sp³-hybridized carbons (Fsp3) is 0.565. The third-order valence-corrected chi connectivity index (χ3v) is 15.5. The monoisotopic (exact) mass is 824 g/mol. The van der Waals surface area contributed by atoms with E-state index in [1.807, 2.05) is 50.3 Å². The van der Waals surface area contributed by atoms with Gasteiger partial charge in [0.05, 0.1) is 38.7 Å². The Labute approximate surface area is 349 Å². The molecule has 60 heavy (non-hydrogen) atoms. The van der Waals surface area contributed by atoms with Crippen molar-refractivity contribution < 1.29 is 48.3 Å². The fourth-order valence-corrected chi connectivity index (χ4v) is 13.4. The van der Waals surface area contributed by atoms with Crippen LogP contribution < -0.4 is 9.64 Å². The van der Waals surface area contributed by atoms with Crippen molar-refractivity contribution >= 4 is 40.9 Å². The highest BCUT2D eigenvalue weighted by molar-refractivity contribution is 5.96. The van der Waals surface area contributed by atoms with Gasteiger partial charge in [0.2, 0.25) is 12.0 Å². The summed E-state index contributed by atoms with van der Waals surface area (Å²) in [5.41, 5.74) is -3.15. The van der Waals surface area contributed by atoms with Crippen molar-refractivity contribution in [2.45, 2.75) is 99.5 Å². The number of carbonyl (C=O) groups excluding carboxylic acids is 4. The van der Waals surface area contributed by atoms with E-state index in [4.69, 9.17) is 18.9 Å². The quantitative estimate of drug-likeness (QED) is 0.131. The number of amides is 1. The van der Waals surface area contributed by atoms with Gasteiger partial charge in [0.1, 0.15) is 11.2 Å². The predicted octanol–water partition coefficient (Wildman–Crippen LogP) is 3.52. The Morgan fingerprint density at radius 3 is 2.42 bits per heavy atom. The predicted molar refractivity (Wildman–Crippen MR) is 221 cm³/mol. The van der Waals surface area contributed by atoms with Crippen molar-refractivity contribution in [1.82, 2.24) is 14.8 Å². The summed E-state index contributed by atoms with van der Waals surface area (Å²) in [6, 6.07) is 9.97. The minimum atomic E-state index is -2.53. The zero-order valence-electron chi connectivity index (χ0n) is 35.3. The third-order valence-electron chi connectivity index (χ3n) is 15.5. The zero-order chi connectivity index (χ0) is 42.6. The van der Waals surface area contributed by atoms with Gasteiger partial charge in [-0.15, -0.1) is 0 Å². The number of esters is 3. The Morgan fingerprint density at radius 1 is 0.967 bits per heavy atom. The van der Waals surface area contributed by atoms with Crippen LogP contribution in [0.5, 0.6) is 5.75 Å². The molecule has 320 valence electrons. The molecule has 2 saturated heterocycles. The van der Waals surface area contributed by atoms with Crippen LogP contribution in [-0.4, -0.2) is 133 Å². The van der Waals surface area contributed by atoms with Gasteiger partial charge in [-0.3, -0.25) is 24.2 Å². The molecule has 0 radical (unpaired) electrons. The van der Waals surface area contributed by atoms with Crippen LogP contribution in [0.2, 0.25) is 0 Å². The Kier molecular flexibility index (Phi) is 9.58. The average Bonchev–Trinajstić information content (AvgIpc) is 3.92. The lowest BCUT2D eigenvalue weighted by molar-refractivity contribution is -0.228. The van der Waals surface area contributed by atoms with E-state index in [2.05, 4.69) is 20.9 Å². The van der Waals surface area contributed by atoms with Crippen LogP contribution in [0, 0.1) is 11.3 Å². The van der Waals surface area contributed by atoms with Crippen molar-refractivity contribution in [1.29, 1.82) is 0 Å². The summed E-state index contributed by atoms with van der Waals surface area (Å²) in [4.78, 5) is 66.1. The van der Waals surface area contributed by atoms with E-state index in [0.717, 1.165) is 16.5 Å². The van der Waals surface area contributed by atoms with Crippen LogP contribution in [-0.2, 0) is 50.6 Å². The highest BCUT2D eigenvalue weighted by atomic mass is 16.6. The first-order valence-electron chi connectivity index (χ1n) is 21.3. The molecule has 2 bridgehead atoms. The molecular weight excluding hydrogens is 769 g/mol. The van der Waals surface area contributed by atoms with Crippen LogP contribution in [0.1, 0.15) is 75.3 Å². The summed E-state index contributed by atoms with van der Waals surface area (Å²) in [6.07, 6.45) is 5.83. The van der Waals surface area contributed by atoms with Gasteiger partial charge in [-0.25, -0.2) is 4.79 Å². The Hall–Kier alpha value is -4.76. The Balaban J connectivity index is 1.38. The Morgan fingerprint density at radius 2 is 1.73 bits per heavy atom. The maximum atomic E-state index is 15.3. The molecule has 1 saturated carbocycles. The molecule has 9 rings (SSSR count). The smallest absolute Gasteiger partial charge is 0.344 e. The summed E-state index contributed by atoms with van der Waals surface area (Å²) in [5.74, 6) is -2.06. The summed E-state index contributed by atoms with van der Waals surface area (Å²) in [5, 5.41) is 26.3. The number of aromatic amines is 1. The molecule has 6 heterocycles. The van der Waals surface area contributed by atoms with Gasteiger partial charge in [-0.2, -0.15) is 0 Å². The van der Waals surface area contributed by atoms with Crippen molar-refractivity contribution in [2.24, 2.45) is 11.3 Å². The van der Waals surface area contributed by atoms with Gasteiger partial charge in [-0.05, 0) is 74.2 Å². The number of hydrogen-bond donors (Lipinski definition) is 3. The number of aromatic nitrogens is 1. The standard InChI is InChI=1S/C46H56N4O10/c1-7-42(55)22-28-23-45(40(53)58-5,36-30(14-18-48(24-28)25-42)29-12-9-10-13-33(29)47-36)32-20-31-34(21-35(32)57-4)50(26-51)38-44(31)16-19-49-17-11-15-43(8-2,37(44)49)39(60-27(3)52)46(38,56)41(54)59-6/h9-13,15,20-21,26,28,37-39,47,55-56H,7-8,14,16-19,22-25H2,1-6H3/t28-,37-,38-,39-,42-,43+,44-,45-,46+/m1/s1. The summed E-state index contributed by atoms with van der Waals surface area (Å²) < 4.78 is 23.7. The van der Waals surface area contributed by atoms with E-state index < -0.39 is 63.5 Å². The molecule has 3 aromatic rings. The highest BCUT2D eigenvalue weighted by Gasteiger charge is 2.81. The number of rotatable bonds is 8. The third kappa shape index (κ3) is 5.19. The number of methoxy groups -OCH3 is 3. The van der Waals surface area contributed by atoms with Crippen molar-refractivity contribution in [2.75, 3.05) is 59.0 Å². The lowest BCUT2D eigenvalue weighted by Crippen LogP contribution is -2.81. The van der Waals surface area contributed by atoms with Crippen LogP contribution in [0.4, 0.5) is 5.69 Å². The molecule has 1 aliphatic carbocycles. The second-order valence-corrected chi connectivity index (χ2v) is 18.1. The van der Waals surface area contributed by atoms with E-state index in [0.29, 0.717) is 99.5 Å². The van der Waals surface area contributed by atoms with Crippen LogP contribution in [0.3, 0.4) is 0 Å². The molecular formula is C46H56N4O10. The number of ether oxygens (including phenoxy) is 4. The van der Waals surface area contributed by atoms with Gasteiger partial charge >= 0.3 is 17.9 Å². The van der Waals surface area contributed by atoms with Gasteiger partial charge in [0, 0.05) is 78.2 Å². The molecule has 2 aromatic carbocycles. The van der Waals surface area contributed by atoms with Crippen LogP contribution >= 0.6 is 0 Å². The number of nitrogens with one attached hydrogen (secondary N) is 1. The van der Waals surface area contributed by atoms with Gasteiger partial charge < -0.3 is 39.0 Å². The van der Waals surface area contributed by atoms with Crippen LogP contribution in [0.25, 0.3) is 10.9 Å². The topological polar surface area (TPSA) is 171 Å². The maximum Gasteiger partial charge on any atom is 0.344 e. The maximum absolute atomic E-state index is 15.3. The number of fused-ring (bicyclic) bond motifs is 6. The molecule has 3 fully saturated rings. The summed E-state index contributed by atoms with van der Waals surface area (Å²) in [7, 11) is 4.09. The van der Waals surface area contributed by atoms with Crippen molar-refractivity contribution in [3.05, 3.63) is 70.9 Å². The van der Waals surface area contributed by atoms with Crippen molar-refractivity contribution in [3.63, 3.8) is 0 Å². The summed E-state index contributed by atoms with van der Waals surface area (Å²) in [6.45, 7) is 8.16. The number of carbonyl (C=O) groups is 4. The molecule has 6 aliphatic rings. The Bertz CT molecular complexity index is 2310. The number of para-hydroxylation sites is 1.